The predicted octanol–water partition coefficient (Wildman–Crippen LogP) is 4.16. The standard InChI is InChI=1S/C14H10BrN/c15-13-3-1-2-10-4-5-11(8-12(10)13)14(9-16)6-7-14/h1-5,8H,6-7H2. The summed E-state index contributed by atoms with van der Waals surface area (Å²) in [7, 11) is 0. The average Bonchev–Trinajstić information content (AvgIpc) is 3.10. The normalized spacial score (nSPS) is 17.0. The van der Waals surface area contributed by atoms with Gasteiger partial charge in [-0.15, -0.1) is 0 Å². The first-order valence-electron chi connectivity index (χ1n) is 5.35. The first-order chi connectivity index (χ1) is 7.75. The van der Waals surface area contributed by atoms with E-state index in [0.717, 1.165) is 22.9 Å². The number of benzene rings is 2. The molecule has 2 aromatic carbocycles. The molecular weight excluding hydrogens is 262 g/mol. The lowest BCUT2D eigenvalue weighted by Crippen LogP contribution is -2.01. The van der Waals surface area contributed by atoms with E-state index in [1.54, 1.807) is 0 Å². The molecular formula is C14H10BrN. The maximum Gasteiger partial charge on any atom is 0.0824 e. The fraction of sp³-hybridized carbons (Fsp3) is 0.214. The van der Waals surface area contributed by atoms with E-state index in [2.05, 4.69) is 46.3 Å². The van der Waals surface area contributed by atoms with Crippen molar-refractivity contribution in [1.29, 1.82) is 5.26 Å². The molecule has 16 heavy (non-hydrogen) atoms. The van der Waals surface area contributed by atoms with Crippen molar-refractivity contribution in [3.05, 3.63) is 46.4 Å². The van der Waals surface area contributed by atoms with Crippen molar-refractivity contribution in [1.82, 2.24) is 0 Å². The molecule has 0 unspecified atom stereocenters. The van der Waals surface area contributed by atoms with Crippen LogP contribution >= 0.6 is 15.9 Å². The van der Waals surface area contributed by atoms with E-state index in [1.165, 1.54) is 10.8 Å². The second kappa shape index (κ2) is 3.33. The topological polar surface area (TPSA) is 23.8 Å². The van der Waals surface area contributed by atoms with Crippen LogP contribution in [0.4, 0.5) is 0 Å². The Balaban J connectivity index is 2.24. The summed E-state index contributed by atoms with van der Waals surface area (Å²) in [4.78, 5) is 0. The van der Waals surface area contributed by atoms with Gasteiger partial charge in [0.2, 0.25) is 0 Å². The number of fused-ring (bicyclic) bond motifs is 1. The van der Waals surface area contributed by atoms with Gasteiger partial charge < -0.3 is 0 Å². The second-order valence-corrected chi connectivity index (χ2v) is 5.22. The molecule has 3 rings (SSSR count). The lowest BCUT2D eigenvalue weighted by Gasteiger charge is -2.08. The lowest BCUT2D eigenvalue weighted by atomic mass is 9.95. The van der Waals surface area contributed by atoms with Crippen LogP contribution in [-0.4, -0.2) is 0 Å². The second-order valence-electron chi connectivity index (χ2n) is 4.37. The zero-order valence-electron chi connectivity index (χ0n) is 8.70. The maximum atomic E-state index is 9.19. The Kier molecular flexibility index (Phi) is 2.05. The number of halogens is 1. The molecule has 1 nitrogen and oxygen atoms in total. The van der Waals surface area contributed by atoms with Gasteiger partial charge in [0.05, 0.1) is 11.5 Å². The molecule has 1 aliphatic rings. The van der Waals surface area contributed by atoms with Gasteiger partial charge in [-0.1, -0.05) is 40.2 Å². The quantitative estimate of drug-likeness (QED) is 0.764. The van der Waals surface area contributed by atoms with E-state index >= 15 is 0 Å². The van der Waals surface area contributed by atoms with Gasteiger partial charge in [-0.25, -0.2) is 0 Å². The van der Waals surface area contributed by atoms with E-state index in [0.29, 0.717) is 0 Å². The average molecular weight is 272 g/mol. The molecule has 0 amide bonds. The van der Waals surface area contributed by atoms with Crippen LogP contribution in [0, 0.1) is 11.3 Å². The Morgan fingerprint density at radius 2 is 2.00 bits per heavy atom. The minimum Gasteiger partial charge on any atom is -0.197 e. The molecule has 0 bridgehead atoms. The number of rotatable bonds is 1. The highest BCUT2D eigenvalue weighted by Crippen LogP contribution is 2.48. The summed E-state index contributed by atoms with van der Waals surface area (Å²) >= 11 is 3.56. The largest absolute Gasteiger partial charge is 0.197 e. The van der Waals surface area contributed by atoms with E-state index < -0.39 is 0 Å². The van der Waals surface area contributed by atoms with E-state index in [9.17, 15) is 5.26 Å². The summed E-state index contributed by atoms with van der Waals surface area (Å²) < 4.78 is 1.10. The van der Waals surface area contributed by atoms with Crippen molar-refractivity contribution in [2.24, 2.45) is 0 Å². The highest BCUT2D eigenvalue weighted by Gasteiger charge is 2.44. The molecule has 0 atom stereocenters. The van der Waals surface area contributed by atoms with Gasteiger partial charge in [0.1, 0.15) is 0 Å². The first-order valence-corrected chi connectivity index (χ1v) is 6.14. The van der Waals surface area contributed by atoms with Crippen LogP contribution in [0.2, 0.25) is 0 Å². The fourth-order valence-corrected chi connectivity index (χ4v) is 2.62. The zero-order chi connectivity index (χ0) is 11.2. The fourth-order valence-electron chi connectivity index (χ4n) is 2.12. The number of nitrogens with zero attached hydrogens (tertiary/aromatic N) is 1. The van der Waals surface area contributed by atoms with Crippen molar-refractivity contribution in [3.8, 4) is 6.07 Å². The van der Waals surface area contributed by atoms with E-state index in [4.69, 9.17) is 0 Å². The van der Waals surface area contributed by atoms with Crippen LogP contribution in [0.1, 0.15) is 18.4 Å². The molecule has 0 aromatic heterocycles. The summed E-state index contributed by atoms with van der Waals surface area (Å²) in [5, 5.41) is 11.6. The third kappa shape index (κ3) is 1.36. The highest BCUT2D eigenvalue weighted by molar-refractivity contribution is 9.10. The summed E-state index contributed by atoms with van der Waals surface area (Å²) in [5.41, 5.74) is 0.970. The van der Waals surface area contributed by atoms with Crippen molar-refractivity contribution < 1.29 is 0 Å². The number of hydrogen-bond acceptors (Lipinski definition) is 1. The molecule has 0 radical (unpaired) electrons. The summed E-state index contributed by atoms with van der Waals surface area (Å²) in [6, 6.07) is 14.9. The highest BCUT2D eigenvalue weighted by atomic mass is 79.9. The van der Waals surface area contributed by atoms with Gasteiger partial charge in [0, 0.05) is 4.47 Å². The Labute approximate surface area is 103 Å². The Bertz CT molecular complexity index is 606. The SMILES string of the molecule is N#CC1(c2ccc3cccc(Br)c3c2)CC1. The molecule has 0 aliphatic heterocycles. The first kappa shape index (κ1) is 9.86. The summed E-state index contributed by atoms with van der Waals surface area (Å²) in [6.45, 7) is 0. The van der Waals surface area contributed by atoms with Gasteiger partial charge in [-0.05, 0) is 41.3 Å². The molecule has 0 heterocycles. The van der Waals surface area contributed by atoms with Gasteiger partial charge in [-0.2, -0.15) is 5.26 Å². The monoisotopic (exact) mass is 271 g/mol. The zero-order valence-corrected chi connectivity index (χ0v) is 10.3. The number of hydrogen-bond donors (Lipinski definition) is 0. The third-order valence-electron chi connectivity index (χ3n) is 3.35. The smallest absolute Gasteiger partial charge is 0.0824 e. The van der Waals surface area contributed by atoms with Crippen LogP contribution in [0.3, 0.4) is 0 Å². The molecule has 1 fully saturated rings. The minimum absolute atomic E-state index is 0.191. The van der Waals surface area contributed by atoms with E-state index in [-0.39, 0.29) is 5.41 Å². The number of nitriles is 1. The molecule has 1 saturated carbocycles. The molecule has 2 heteroatoms. The van der Waals surface area contributed by atoms with Crippen molar-refractivity contribution in [2.75, 3.05) is 0 Å². The van der Waals surface area contributed by atoms with Gasteiger partial charge >= 0.3 is 0 Å². The molecule has 2 aromatic rings. The lowest BCUT2D eigenvalue weighted by molar-refractivity contribution is 0.911. The molecule has 78 valence electrons. The van der Waals surface area contributed by atoms with Gasteiger partial charge in [-0.3, -0.25) is 0 Å². The van der Waals surface area contributed by atoms with Crippen LogP contribution in [0.15, 0.2) is 40.9 Å². The molecule has 0 spiro atoms. The van der Waals surface area contributed by atoms with Gasteiger partial charge in [0.15, 0.2) is 0 Å². The van der Waals surface area contributed by atoms with E-state index in [1.807, 2.05) is 12.1 Å². The van der Waals surface area contributed by atoms with Gasteiger partial charge in [0.25, 0.3) is 0 Å². The molecule has 0 N–H and O–H groups in total. The van der Waals surface area contributed by atoms with Crippen LogP contribution < -0.4 is 0 Å². The molecule has 0 saturated heterocycles. The van der Waals surface area contributed by atoms with Crippen molar-refractivity contribution in [2.45, 2.75) is 18.3 Å². The summed E-state index contributed by atoms with van der Waals surface area (Å²) in [5.74, 6) is 0. The van der Waals surface area contributed by atoms with Crippen LogP contribution in [0.5, 0.6) is 0 Å². The molecule has 1 aliphatic carbocycles. The maximum absolute atomic E-state index is 9.19. The Hall–Kier alpha value is -1.33. The van der Waals surface area contributed by atoms with Crippen LogP contribution in [0.25, 0.3) is 10.8 Å². The summed E-state index contributed by atoms with van der Waals surface area (Å²) in [6.07, 6.45) is 2.00. The predicted molar refractivity (Wildman–Crippen MR) is 68.2 cm³/mol. The van der Waals surface area contributed by atoms with Crippen molar-refractivity contribution >= 4 is 26.7 Å². The Morgan fingerprint density at radius 1 is 1.19 bits per heavy atom. The van der Waals surface area contributed by atoms with Crippen molar-refractivity contribution in [3.63, 3.8) is 0 Å². The third-order valence-corrected chi connectivity index (χ3v) is 4.04. The Morgan fingerprint density at radius 3 is 2.69 bits per heavy atom. The minimum atomic E-state index is -0.191. The van der Waals surface area contributed by atoms with Crippen LogP contribution in [-0.2, 0) is 5.41 Å².